The van der Waals surface area contributed by atoms with Crippen molar-refractivity contribution in [3.63, 3.8) is 0 Å². The van der Waals surface area contributed by atoms with Crippen LogP contribution >= 0.6 is 0 Å². The van der Waals surface area contributed by atoms with Crippen LogP contribution in [0, 0.1) is 6.92 Å². The van der Waals surface area contributed by atoms with E-state index in [1.165, 1.54) is 12.2 Å². The second kappa shape index (κ2) is 9.50. The molecule has 2 aromatic rings. The van der Waals surface area contributed by atoms with Crippen molar-refractivity contribution in [1.82, 2.24) is 19.0 Å². The summed E-state index contributed by atoms with van der Waals surface area (Å²) in [6, 6.07) is 7.83. The van der Waals surface area contributed by atoms with E-state index in [1.54, 1.807) is 0 Å². The van der Waals surface area contributed by atoms with E-state index in [2.05, 4.69) is 18.5 Å². The van der Waals surface area contributed by atoms with E-state index in [9.17, 15) is 19.2 Å². The number of benzene rings is 1. The number of carbonyl (C=O) groups excluding carboxylic acids is 1. The van der Waals surface area contributed by atoms with Crippen LogP contribution in [0.25, 0.3) is 0 Å². The standard InChI is InChI=1S/C20H24N4O4/c1-4-12-22-18(26)23(13-5-2)20(28)24(19(22)27)14-17(25)21-11-10-16-9-7-6-8-15(16)3/h4-9H,1-2,10-14H2,3H3,(H,21,25). The number of aryl methyl sites for hydroxylation is 1. The fourth-order valence-corrected chi connectivity index (χ4v) is 2.82. The Labute approximate surface area is 162 Å². The van der Waals surface area contributed by atoms with Crippen molar-refractivity contribution in [1.29, 1.82) is 0 Å². The molecule has 0 spiro atoms. The summed E-state index contributed by atoms with van der Waals surface area (Å²) in [6.45, 7) is 8.77. The lowest BCUT2D eigenvalue weighted by Crippen LogP contribution is -2.55. The van der Waals surface area contributed by atoms with Gasteiger partial charge in [0.25, 0.3) is 0 Å². The molecule has 1 amide bonds. The summed E-state index contributed by atoms with van der Waals surface area (Å²) in [4.78, 5) is 49.6. The first kappa shape index (κ1) is 20.9. The zero-order valence-electron chi connectivity index (χ0n) is 15.9. The molecule has 0 radical (unpaired) electrons. The molecule has 8 nitrogen and oxygen atoms in total. The Balaban J connectivity index is 2.21. The van der Waals surface area contributed by atoms with Crippen molar-refractivity contribution in [2.24, 2.45) is 0 Å². The van der Waals surface area contributed by atoms with Gasteiger partial charge in [0.2, 0.25) is 5.91 Å². The molecule has 8 heteroatoms. The third-order valence-corrected chi connectivity index (χ3v) is 4.29. The number of nitrogens with zero attached hydrogens (tertiary/aromatic N) is 3. The molecule has 0 saturated heterocycles. The van der Waals surface area contributed by atoms with E-state index in [0.29, 0.717) is 13.0 Å². The Morgan fingerprint density at radius 3 is 2.04 bits per heavy atom. The molecule has 1 N–H and O–H groups in total. The first-order chi connectivity index (χ1) is 13.4. The molecule has 2 rings (SSSR count). The smallest absolute Gasteiger partial charge is 0.337 e. The monoisotopic (exact) mass is 384 g/mol. The summed E-state index contributed by atoms with van der Waals surface area (Å²) in [5.41, 5.74) is -0.218. The molecule has 0 saturated carbocycles. The van der Waals surface area contributed by atoms with Gasteiger partial charge in [0.05, 0.1) is 13.1 Å². The topological polar surface area (TPSA) is 95.1 Å². The van der Waals surface area contributed by atoms with Crippen LogP contribution < -0.4 is 22.4 Å². The maximum atomic E-state index is 12.5. The maximum absolute atomic E-state index is 12.5. The van der Waals surface area contributed by atoms with Gasteiger partial charge in [-0.15, -0.1) is 13.2 Å². The number of hydrogen-bond acceptors (Lipinski definition) is 4. The molecule has 148 valence electrons. The van der Waals surface area contributed by atoms with Crippen LogP contribution in [0.5, 0.6) is 0 Å². The van der Waals surface area contributed by atoms with Crippen molar-refractivity contribution in [3.05, 3.63) is 92.2 Å². The van der Waals surface area contributed by atoms with E-state index >= 15 is 0 Å². The lowest BCUT2D eigenvalue weighted by molar-refractivity contribution is -0.121. The molecule has 28 heavy (non-hydrogen) atoms. The minimum absolute atomic E-state index is 0.0655. The predicted molar refractivity (Wildman–Crippen MR) is 108 cm³/mol. The normalized spacial score (nSPS) is 10.5. The second-order valence-electron chi connectivity index (χ2n) is 6.26. The molecule has 0 bridgehead atoms. The maximum Gasteiger partial charge on any atom is 0.337 e. The third-order valence-electron chi connectivity index (χ3n) is 4.29. The van der Waals surface area contributed by atoms with Crippen LogP contribution in [0.1, 0.15) is 11.1 Å². The molecule has 1 aromatic heterocycles. The van der Waals surface area contributed by atoms with Crippen LogP contribution in [0.3, 0.4) is 0 Å². The Hall–Kier alpha value is -3.42. The van der Waals surface area contributed by atoms with E-state index in [0.717, 1.165) is 24.8 Å². The third kappa shape index (κ3) is 4.64. The molecule has 0 aliphatic carbocycles. The van der Waals surface area contributed by atoms with Gasteiger partial charge in [-0.3, -0.25) is 4.79 Å². The van der Waals surface area contributed by atoms with Crippen molar-refractivity contribution in [2.75, 3.05) is 6.54 Å². The Kier molecular flexibility index (Phi) is 7.08. The van der Waals surface area contributed by atoms with Gasteiger partial charge in [-0.05, 0) is 24.5 Å². The van der Waals surface area contributed by atoms with Gasteiger partial charge in [-0.2, -0.15) is 0 Å². The minimum atomic E-state index is -0.843. The molecular weight excluding hydrogens is 360 g/mol. The summed E-state index contributed by atoms with van der Waals surface area (Å²) in [7, 11) is 0. The van der Waals surface area contributed by atoms with E-state index in [4.69, 9.17) is 0 Å². The van der Waals surface area contributed by atoms with Crippen LogP contribution in [-0.2, 0) is 30.8 Å². The first-order valence-electron chi connectivity index (χ1n) is 8.88. The van der Waals surface area contributed by atoms with E-state index in [-0.39, 0.29) is 13.1 Å². The van der Waals surface area contributed by atoms with Crippen molar-refractivity contribution in [3.8, 4) is 0 Å². The van der Waals surface area contributed by atoms with Crippen LogP contribution in [0.2, 0.25) is 0 Å². The van der Waals surface area contributed by atoms with E-state index < -0.39 is 29.5 Å². The SMILES string of the molecule is C=CCn1c(=O)n(CC=C)c(=O)n(CC(=O)NCCc2ccccc2C)c1=O. The summed E-state index contributed by atoms with van der Waals surface area (Å²) in [5, 5.41) is 2.70. The zero-order chi connectivity index (χ0) is 20.7. The minimum Gasteiger partial charge on any atom is -0.354 e. The van der Waals surface area contributed by atoms with E-state index in [1.807, 2.05) is 31.2 Å². The highest BCUT2D eigenvalue weighted by Crippen LogP contribution is 2.06. The predicted octanol–water partition coefficient (Wildman–Crippen LogP) is 0.211. The summed E-state index contributed by atoms with van der Waals surface area (Å²) in [5.74, 6) is -0.485. The molecule has 1 aromatic carbocycles. The van der Waals surface area contributed by atoms with Crippen molar-refractivity contribution < 1.29 is 4.79 Å². The molecular formula is C20H24N4O4. The summed E-state index contributed by atoms with van der Waals surface area (Å²) < 4.78 is 2.47. The Bertz CT molecular complexity index is 1010. The van der Waals surface area contributed by atoms with Gasteiger partial charge in [0.15, 0.2) is 0 Å². The summed E-state index contributed by atoms with van der Waals surface area (Å²) >= 11 is 0. The molecule has 0 aliphatic rings. The first-order valence-corrected chi connectivity index (χ1v) is 8.88. The number of aromatic nitrogens is 3. The fraction of sp³-hybridized carbons (Fsp3) is 0.300. The largest absolute Gasteiger partial charge is 0.354 e. The van der Waals surface area contributed by atoms with Gasteiger partial charge in [0.1, 0.15) is 6.54 Å². The van der Waals surface area contributed by atoms with Gasteiger partial charge < -0.3 is 5.32 Å². The lowest BCUT2D eigenvalue weighted by atomic mass is 10.1. The number of rotatable bonds is 9. The number of carbonyl (C=O) groups is 1. The average Bonchev–Trinajstić information content (AvgIpc) is 2.67. The Morgan fingerprint density at radius 2 is 1.50 bits per heavy atom. The quantitative estimate of drug-likeness (QED) is 0.626. The molecule has 0 fully saturated rings. The lowest BCUT2D eigenvalue weighted by Gasteiger charge is -2.12. The fourth-order valence-electron chi connectivity index (χ4n) is 2.82. The average molecular weight is 384 g/mol. The molecule has 0 atom stereocenters. The number of nitrogens with one attached hydrogen (secondary N) is 1. The van der Waals surface area contributed by atoms with Gasteiger partial charge in [0, 0.05) is 6.54 Å². The van der Waals surface area contributed by atoms with Crippen LogP contribution in [0.4, 0.5) is 0 Å². The van der Waals surface area contributed by atoms with Gasteiger partial charge in [-0.1, -0.05) is 36.4 Å². The number of hydrogen-bond donors (Lipinski definition) is 1. The zero-order valence-corrected chi connectivity index (χ0v) is 15.9. The molecule has 0 aliphatic heterocycles. The molecule has 1 heterocycles. The van der Waals surface area contributed by atoms with Gasteiger partial charge >= 0.3 is 17.1 Å². The highest BCUT2D eigenvalue weighted by Gasteiger charge is 2.16. The highest BCUT2D eigenvalue weighted by molar-refractivity contribution is 5.75. The summed E-state index contributed by atoms with van der Waals surface area (Å²) in [6.07, 6.45) is 3.38. The van der Waals surface area contributed by atoms with Crippen LogP contribution in [-0.4, -0.2) is 26.2 Å². The second-order valence-corrected chi connectivity index (χ2v) is 6.26. The molecule has 0 unspecified atom stereocenters. The number of amides is 1. The number of allylic oxidation sites excluding steroid dienone is 2. The highest BCUT2D eigenvalue weighted by atomic mass is 16.2. The van der Waals surface area contributed by atoms with Crippen LogP contribution in [0.15, 0.2) is 64.0 Å². The van der Waals surface area contributed by atoms with Crippen molar-refractivity contribution in [2.45, 2.75) is 33.0 Å². The van der Waals surface area contributed by atoms with Crippen molar-refractivity contribution >= 4 is 5.91 Å². The Morgan fingerprint density at radius 1 is 0.964 bits per heavy atom. The van der Waals surface area contributed by atoms with Gasteiger partial charge in [-0.25, -0.2) is 28.1 Å².